The number of rotatable bonds is 3. The van der Waals surface area contributed by atoms with Crippen LogP contribution in [0.3, 0.4) is 0 Å². The van der Waals surface area contributed by atoms with Crippen LogP contribution < -0.4 is 5.73 Å². The van der Waals surface area contributed by atoms with Crippen molar-refractivity contribution < 1.29 is 0 Å². The first-order valence-corrected chi connectivity index (χ1v) is 4.06. The Morgan fingerprint density at radius 2 is 2.36 bits per heavy atom. The van der Waals surface area contributed by atoms with E-state index in [0.29, 0.717) is 5.54 Å². The van der Waals surface area contributed by atoms with Gasteiger partial charge in [-0.15, -0.1) is 0 Å². The normalized spacial score (nSPS) is 20.1. The van der Waals surface area contributed by atoms with Crippen LogP contribution in [0.5, 0.6) is 0 Å². The number of hydrogen-bond acceptors (Lipinski definition) is 2. The molecule has 1 fully saturated rings. The topological polar surface area (TPSA) is 43.8 Å². The van der Waals surface area contributed by atoms with E-state index in [-0.39, 0.29) is 0 Å². The van der Waals surface area contributed by atoms with Crippen molar-refractivity contribution in [2.24, 2.45) is 5.73 Å². The van der Waals surface area contributed by atoms with Gasteiger partial charge in [-0.3, -0.25) is 0 Å². The molecule has 3 heteroatoms. The summed E-state index contributed by atoms with van der Waals surface area (Å²) in [5.41, 5.74) is 5.88. The van der Waals surface area contributed by atoms with Crippen LogP contribution in [0.2, 0.25) is 0 Å². The highest BCUT2D eigenvalue weighted by atomic mass is 15.1. The Bertz CT molecular complexity index is 223. The molecule has 2 rings (SSSR count). The summed E-state index contributed by atoms with van der Waals surface area (Å²) in [5.74, 6) is 0. The Kier molecular flexibility index (Phi) is 1.46. The molecule has 1 saturated carbocycles. The Morgan fingerprint density at radius 3 is 2.82 bits per heavy atom. The van der Waals surface area contributed by atoms with Gasteiger partial charge in [0.15, 0.2) is 0 Å². The van der Waals surface area contributed by atoms with Crippen LogP contribution in [0.25, 0.3) is 0 Å². The molecule has 0 atom stereocenters. The van der Waals surface area contributed by atoms with E-state index in [9.17, 15) is 0 Å². The fourth-order valence-corrected chi connectivity index (χ4v) is 1.59. The van der Waals surface area contributed by atoms with Crippen LogP contribution >= 0.6 is 0 Å². The van der Waals surface area contributed by atoms with Gasteiger partial charge in [-0.1, -0.05) is 0 Å². The first kappa shape index (κ1) is 6.85. The third-order valence-corrected chi connectivity index (χ3v) is 2.49. The maximum absolute atomic E-state index is 5.53. The molecular formula is C8H13N3. The minimum Gasteiger partial charge on any atom is -0.331 e. The Morgan fingerprint density at radius 1 is 1.55 bits per heavy atom. The SMILES string of the molecule is NCCC1(n2ccnc2)CC1. The molecule has 2 N–H and O–H groups in total. The molecule has 1 aromatic heterocycles. The van der Waals surface area contributed by atoms with Gasteiger partial charge in [-0.25, -0.2) is 4.98 Å². The van der Waals surface area contributed by atoms with Crippen molar-refractivity contribution in [2.75, 3.05) is 6.54 Å². The smallest absolute Gasteiger partial charge is 0.0951 e. The molecular weight excluding hydrogens is 138 g/mol. The summed E-state index contributed by atoms with van der Waals surface area (Å²) in [7, 11) is 0. The molecule has 0 unspecified atom stereocenters. The van der Waals surface area contributed by atoms with Crippen LogP contribution in [0.1, 0.15) is 19.3 Å². The highest BCUT2D eigenvalue weighted by molar-refractivity contribution is 5.02. The van der Waals surface area contributed by atoms with E-state index in [1.165, 1.54) is 12.8 Å². The lowest BCUT2D eigenvalue weighted by Crippen LogP contribution is -2.19. The summed E-state index contributed by atoms with van der Waals surface area (Å²) in [6.45, 7) is 0.776. The van der Waals surface area contributed by atoms with Gasteiger partial charge in [0.1, 0.15) is 0 Å². The average molecular weight is 151 g/mol. The molecule has 3 nitrogen and oxygen atoms in total. The lowest BCUT2D eigenvalue weighted by molar-refractivity contribution is 0.450. The van der Waals surface area contributed by atoms with Gasteiger partial charge in [-0.05, 0) is 25.8 Å². The van der Waals surface area contributed by atoms with Crippen LogP contribution in [-0.2, 0) is 5.54 Å². The Hall–Kier alpha value is -0.830. The lowest BCUT2D eigenvalue weighted by atomic mass is 10.2. The van der Waals surface area contributed by atoms with Crippen molar-refractivity contribution in [1.29, 1.82) is 0 Å². The molecule has 1 aliphatic carbocycles. The average Bonchev–Trinajstić information content (AvgIpc) is 2.63. The fraction of sp³-hybridized carbons (Fsp3) is 0.625. The zero-order chi connectivity index (χ0) is 7.73. The zero-order valence-electron chi connectivity index (χ0n) is 6.53. The second-order valence-corrected chi connectivity index (χ2v) is 3.23. The zero-order valence-corrected chi connectivity index (χ0v) is 6.53. The molecule has 1 heterocycles. The van der Waals surface area contributed by atoms with E-state index in [4.69, 9.17) is 5.73 Å². The molecule has 0 aliphatic heterocycles. The van der Waals surface area contributed by atoms with Gasteiger partial charge in [-0.2, -0.15) is 0 Å². The quantitative estimate of drug-likeness (QED) is 0.691. The first-order chi connectivity index (χ1) is 5.37. The molecule has 60 valence electrons. The maximum atomic E-state index is 5.53. The first-order valence-electron chi connectivity index (χ1n) is 4.06. The minimum atomic E-state index is 0.352. The van der Waals surface area contributed by atoms with Gasteiger partial charge >= 0.3 is 0 Å². The summed E-state index contributed by atoms with van der Waals surface area (Å²) in [6, 6.07) is 0. The highest BCUT2D eigenvalue weighted by Gasteiger charge is 2.42. The van der Waals surface area contributed by atoms with Crippen molar-refractivity contribution >= 4 is 0 Å². The number of imidazole rings is 1. The van der Waals surface area contributed by atoms with Gasteiger partial charge < -0.3 is 10.3 Å². The fourth-order valence-electron chi connectivity index (χ4n) is 1.59. The molecule has 0 aromatic carbocycles. The molecule has 1 aliphatic rings. The van der Waals surface area contributed by atoms with E-state index in [1.54, 1.807) is 0 Å². The monoisotopic (exact) mass is 151 g/mol. The van der Waals surface area contributed by atoms with Crippen molar-refractivity contribution in [3.05, 3.63) is 18.7 Å². The largest absolute Gasteiger partial charge is 0.331 e. The summed E-state index contributed by atoms with van der Waals surface area (Å²) < 4.78 is 2.19. The second kappa shape index (κ2) is 2.34. The van der Waals surface area contributed by atoms with Gasteiger partial charge in [0.05, 0.1) is 6.33 Å². The summed E-state index contributed by atoms with van der Waals surface area (Å²) in [5, 5.41) is 0. The van der Waals surface area contributed by atoms with E-state index in [1.807, 2.05) is 18.7 Å². The number of hydrogen-bond donors (Lipinski definition) is 1. The molecule has 0 spiro atoms. The number of nitrogens with zero attached hydrogens (tertiary/aromatic N) is 2. The number of aromatic nitrogens is 2. The van der Waals surface area contributed by atoms with Crippen LogP contribution in [0.15, 0.2) is 18.7 Å². The summed E-state index contributed by atoms with van der Waals surface area (Å²) in [6.07, 6.45) is 9.37. The molecule has 0 radical (unpaired) electrons. The van der Waals surface area contributed by atoms with Crippen LogP contribution in [0.4, 0.5) is 0 Å². The lowest BCUT2D eigenvalue weighted by Gasteiger charge is -2.14. The summed E-state index contributed by atoms with van der Waals surface area (Å²) >= 11 is 0. The van der Waals surface area contributed by atoms with E-state index in [0.717, 1.165) is 13.0 Å². The highest BCUT2D eigenvalue weighted by Crippen LogP contribution is 2.45. The van der Waals surface area contributed by atoms with E-state index >= 15 is 0 Å². The van der Waals surface area contributed by atoms with Crippen LogP contribution in [0, 0.1) is 0 Å². The second-order valence-electron chi connectivity index (χ2n) is 3.23. The third-order valence-electron chi connectivity index (χ3n) is 2.49. The van der Waals surface area contributed by atoms with E-state index in [2.05, 4.69) is 9.55 Å². The standard InChI is InChI=1S/C8H13N3/c9-4-3-8(1-2-8)11-6-5-10-7-11/h5-7H,1-4,9H2. The number of nitrogens with two attached hydrogens (primary N) is 1. The molecule has 0 amide bonds. The predicted octanol–water partition coefficient (Wildman–Crippen LogP) is 0.721. The Balaban J connectivity index is 2.15. The van der Waals surface area contributed by atoms with Crippen molar-refractivity contribution in [2.45, 2.75) is 24.8 Å². The van der Waals surface area contributed by atoms with Crippen LogP contribution in [-0.4, -0.2) is 16.1 Å². The van der Waals surface area contributed by atoms with Crippen molar-refractivity contribution in [3.63, 3.8) is 0 Å². The molecule has 0 saturated heterocycles. The predicted molar refractivity (Wildman–Crippen MR) is 43.1 cm³/mol. The summed E-state index contributed by atoms with van der Waals surface area (Å²) in [4.78, 5) is 4.03. The minimum absolute atomic E-state index is 0.352. The molecule has 1 aromatic rings. The van der Waals surface area contributed by atoms with Crippen molar-refractivity contribution in [1.82, 2.24) is 9.55 Å². The maximum Gasteiger partial charge on any atom is 0.0951 e. The van der Waals surface area contributed by atoms with Gasteiger partial charge in [0, 0.05) is 17.9 Å². The van der Waals surface area contributed by atoms with Gasteiger partial charge in [0.25, 0.3) is 0 Å². The van der Waals surface area contributed by atoms with E-state index < -0.39 is 0 Å². The Labute approximate surface area is 66.2 Å². The third kappa shape index (κ3) is 1.05. The van der Waals surface area contributed by atoms with Gasteiger partial charge in [0.2, 0.25) is 0 Å². The molecule has 0 bridgehead atoms. The molecule has 11 heavy (non-hydrogen) atoms. The van der Waals surface area contributed by atoms with Crippen molar-refractivity contribution in [3.8, 4) is 0 Å².